The molecule has 1 fully saturated rings. The Hall–Kier alpha value is -1.55. The molecule has 3 rings (SSSR count). The van der Waals surface area contributed by atoms with Gasteiger partial charge in [0.2, 0.25) is 0 Å². The molecule has 2 aromatic carbocycles. The average molecular weight is 363 g/mol. The molecule has 0 aliphatic carbocycles. The maximum atomic E-state index is 12.2. The van der Waals surface area contributed by atoms with Gasteiger partial charge in [-0.2, -0.15) is 0 Å². The van der Waals surface area contributed by atoms with Crippen LogP contribution in [0, 0.1) is 0 Å². The van der Waals surface area contributed by atoms with Crippen LogP contribution < -0.4 is 10.6 Å². The van der Waals surface area contributed by atoms with E-state index in [9.17, 15) is 4.79 Å². The van der Waals surface area contributed by atoms with Crippen molar-refractivity contribution in [2.24, 2.45) is 0 Å². The highest BCUT2D eigenvalue weighted by Crippen LogP contribution is 2.23. The first-order valence-corrected chi connectivity index (χ1v) is 8.96. The number of nitrogens with one attached hydrogen (secondary N) is 2. The van der Waals surface area contributed by atoms with Gasteiger partial charge in [-0.3, -0.25) is 4.79 Å². The lowest BCUT2D eigenvalue weighted by molar-refractivity contribution is 0.102. The molecule has 0 bridgehead atoms. The van der Waals surface area contributed by atoms with Crippen molar-refractivity contribution in [3.05, 3.63) is 63.6 Å². The molecule has 0 radical (unpaired) electrons. The van der Waals surface area contributed by atoms with Crippen molar-refractivity contribution < 1.29 is 4.79 Å². The van der Waals surface area contributed by atoms with Crippen LogP contribution in [0.4, 0.5) is 5.69 Å². The lowest BCUT2D eigenvalue weighted by Crippen LogP contribution is -2.21. The van der Waals surface area contributed by atoms with E-state index in [0.717, 1.165) is 25.1 Å². The minimum atomic E-state index is -0.198. The number of benzene rings is 2. The number of halogens is 2. The maximum Gasteiger partial charge on any atom is 0.255 e. The van der Waals surface area contributed by atoms with Gasteiger partial charge in [-0.15, -0.1) is 0 Å². The zero-order chi connectivity index (χ0) is 16.9. The first-order chi connectivity index (χ1) is 11.6. The fourth-order valence-electron chi connectivity index (χ4n) is 2.94. The molecule has 0 unspecified atom stereocenters. The van der Waals surface area contributed by atoms with E-state index in [-0.39, 0.29) is 5.91 Å². The Bertz CT molecular complexity index is 710. The Kier molecular flexibility index (Phi) is 5.77. The fourth-order valence-corrected chi connectivity index (χ4v) is 3.24. The van der Waals surface area contributed by atoms with E-state index in [2.05, 4.69) is 22.8 Å². The van der Waals surface area contributed by atoms with E-state index in [1.165, 1.54) is 18.4 Å². The summed E-state index contributed by atoms with van der Waals surface area (Å²) in [7, 11) is 0. The molecule has 3 nitrogen and oxygen atoms in total. The van der Waals surface area contributed by atoms with Gasteiger partial charge in [0.05, 0.1) is 10.0 Å². The highest BCUT2D eigenvalue weighted by atomic mass is 35.5. The fraction of sp³-hybridized carbons (Fsp3) is 0.316. The minimum Gasteiger partial charge on any atom is -0.322 e. The Morgan fingerprint density at radius 3 is 2.58 bits per heavy atom. The zero-order valence-corrected chi connectivity index (χ0v) is 14.8. The first-order valence-electron chi connectivity index (χ1n) is 8.20. The van der Waals surface area contributed by atoms with Crippen molar-refractivity contribution in [2.45, 2.75) is 31.7 Å². The molecule has 1 saturated heterocycles. The Labute approximate surface area is 152 Å². The maximum absolute atomic E-state index is 12.2. The van der Waals surface area contributed by atoms with E-state index in [1.807, 2.05) is 12.1 Å². The number of rotatable bonds is 5. The second-order valence-electron chi connectivity index (χ2n) is 6.11. The topological polar surface area (TPSA) is 41.1 Å². The lowest BCUT2D eigenvalue weighted by atomic mass is 10.0. The van der Waals surface area contributed by atoms with Gasteiger partial charge >= 0.3 is 0 Å². The Balaban J connectivity index is 1.56. The van der Waals surface area contributed by atoms with E-state index in [4.69, 9.17) is 23.2 Å². The van der Waals surface area contributed by atoms with Crippen molar-refractivity contribution in [3.63, 3.8) is 0 Å². The summed E-state index contributed by atoms with van der Waals surface area (Å²) in [6, 6.07) is 13.5. The van der Waals surface area contributed by atoms with Crippen LogP contribution in [0.5, 0.6) is 0 Å². The SMILES string of the molecule is O=C(Nc1ccc(CC[C@H]2CCCN2)cc1)c1ccc(Cl)c(Cl)c1. The van der Waals surface area contributed by atoms with Gasteiger partial charge in [0.25, 0.3) is 5.91 Å². The van der Waals surface area contributed by atoms with Crippen LogP contribution in [0.2, 0.25) is 10.0 Å². The quantitative estimate of drug-likeness (QED) is 0.791. The normalized spacial score (nSPS) is 17.0. The van der Waals surface area contributed by atoms with Crippen molar-refractivity contribution >= 4 is 34.8 Å². The summed E-state index contributed by atoms with van der Waals surface area (Å²) in [5.41, 5.74) is 2.55. The predicted molar refractivity (Wildman–Crippen MR) is 100 cm³/mol. The molecule has 1 amide bonds. The minimum absolute atomic E-state index is 0.198. The van der Waals surface area contributed by atoms with Crippen LogP contribution in [0.25, 0.3) is 0 Å². The predicted octanol–water partition coefficient (Wildman–Crippen LogP) is 4.93. The molecule has 1 aliphatic rings. The highest BCUT2D eigenvalue weighted by Gasteiger charge is 2.13. The third kappa shape index (κ3) is 4.50. The second-order valence-corrected chi connectivity index (χ2v) is 6.93. The summed E-state index contributed by atoms with van der Waals surface area (Å²) in [4.78, 5) is 12.2. The summed E-state index contributed by atoms with van der Waals surface area (Å²) in [5, 5.41) is 7.20. The molecule has 2 N–H and O–H groups in total. The van der Waals surface area contributed by atoms with Crippen LogP contribution in [0.3, 0.4) is 0 Å². The summed E-state index contributed by atoms with van der Waals surface area (Å²) in [6.45, 7) is 1.14. The van der Waals surface area contributed by atoms with Gasteiger partial charge in [-0.1, -0.05) is 35.3 Å². The summed E-state index contributed by atoms with van der Waals surface area (Å²) < 4.78 is 0. The van der Waals surface area contributed by atoms with Crippen molar-refractivity contribution in [1.29, 1.82) is 0 Å². The molecule has 2 aromatic rings. The molecule has 126 valence electrons. The Morgan fingerprint density at radius 2 is 1.92 bits per heavy atom. The number of hydrogen-bond acceptors (Lipinski definition) is 2. The molecular weight excluding hydrogens is 343 g/mol. The molecular formula is C19H20Cl2N2O. The monoisotopic (exact) mass is 362 g/mol. The van der Waals surface area contributed by atoms with E-state index in [1.54, 1.807) is 18.2 Å². The van der Waals surface area contributed by atoms with Crippen LogP contribution in [0.15, 0.2) is 42.5 Å². The summed E-state index contributed by atoms with van der Waals surface area (Å²) in [6.07, 6.45) is 4.77. The van der Waals surface area contributed by atoms with Gasteiger partial charge in [0.1, 0.15) is 0 Å². The van der Waals surface area contributed by atoms with Crippen LogP contribution in [-0.2, 0) is 6.42 Å². The number of hydrogen-bond donors (Lipinski definition) is 2. The molecule has 1 atom stereocenters. The first kappa shape index (κ1) is 17.3. The average Bonchev–Trinajstić information content (AvgIpc) is 3.10. The van der Waals surface area contributed by atoms with E-state index < -0.39 is 0 Å². The number of carbonyl (C=O) groups excluding carboxylic acids is 1. The third-order valence-electron chi connectivity index (χ3n) is 4.34. The highest BCUT2D eigenvalue weighted by molar-refractivity contribution is 6.42. The number of amides is 1. The smallest absolute Gasteiger partial charge is 0.255 e. The van der Waals surface area contributed by atoms with Crippen molar-refractivity contribution in [1.82, 2.24) is 5.32 Å². The van der Waals surface area contributed by atoms with Crippen LogP contribution >= 0.6 is 23.2 Å². The van der Waals surface area contributed by atoms with E-state index >= 15 is 0 Å². The number of aryl methyl sites for hydroxylation is 1. The van der Waals surface area contributed by atoms with Crippen LogP contribution in [-0.4, -0.2) is 18.5 Å². The number of carbonyl (C=O) groups is 1. The largest absolute Gasteiger partial charge is 0.322 e. The summed E-state index contributed by atoms with van der Waals surface area (Å²) >= 11 is 11.8. The van der Waals surface area contributed by atoms with E-state index in [0.29, 0.717) is 21.7 Å². The van der Waals surface area contributed by atoms with Gasteiger partial charge in [-0.05, 0) is 68.1 Å². The molecule has 1 aliphatic heterocycles. The van der Waals surface area contributed by atoms with Gasteiger partial charge in [0.15, 0.2) is 0 Å². The standard InChI is InChI=1S/C19H20Cl2N2O/c20-17-10-6-14(12-18(17)21)19(24)23-16-8-4-13(5-9-16)3-7-15-2-1-11-22-15/h4-6,8-10,12,15,22H,1-3,7,11H2,(H,23,24)/t15-/m1/s1. The molecule has 0 saturated carbocycles. The molecule has 24 heavy (non-hydrogen) atoms. The molecule has 0 spiro atoms. The van der Waals surface area contributed by atoms with Crippen molar-refractivity contribution in [2.75, 3.05) is 11.9 Å². The third-order valence-corrected chi connectivity index (χ3v) is 5.08. The zero-order valence-electron chi connectivity index (χ0n) is 13.3. The second kappa shape index (κ2) is 8.02. The number of anilines is 1. The van der Waals surface area contributed by atoms with Gasteiger partial charge < -0.3 is 10.6 Å². The molecule has 5 heteroatoms. The van der Waals surface area contributed by atoms with Gasteiger partial charge in [0, 0.05) is 17.3 Å². The lowest BCUT2D eigenvalue weighted by Gasteiger charge is -2.10. The van der Waals surface area contributed by atoms with Crippen molar-refractivity contribution in [3.8, 4) is 0 Å². The van der Waals surface area contributed by atoms with Gasteiger partial charge in [-0.25, -0.2) is 0 Å². The summed E-state index contributed by atoms with van der Waals surface area (Å²) in [5.74, 6) is -0.198. The molecule has 1 heterocycles. The molecule has 0 aromatic heterocycles. The van der Waals surface area contributed by atoms with Crippen LogP contribution in [0.1, 0.15) is 35.2 Å². The Morgan fingerprint density at radius 1 is 1.12 bits per heavy atom.